The van der Waals surface area contributed by atoms with E-state index in [1.165, 1.54) is 24.3 Å². The lowest BCUT2D eigenvalue weighted by molar-refractivity contribution is -0.137. The molecule has 2 aromatic carbocycles. The molecule has 1 N–H and O–H groups in total. The Kier molecular flexibility index (Phi) is 5.63. The number of aromatic nitrogens is 3. The van der Waals surface area contributed by atoms with Crippen LogP contribution in [-0.4, -0.2) is 21.6 Å². The van der Waals surface area contributed by atoms with Crippen molar-refractivity contribution in [1.82, 2.24) is 15.0 Å². The topological polar surface area (TPSA) is 99.4 Å². The van der Waals surface area contributed by atoms with E-state index in [2.05, 4.69) is 20.3 Å². The molecule has 0 bridgehead atoms. The van der Waals surface area contributed by atoms with Gasteiger partial charge < -0.3 is 19.2 Å². The summed E-state index contributed by atoms with van der Waals surface area (Å²) in [7, 11) is 0. The zero-order valence-electron chi connectivity index (χ0n) is 16.5. The first-order valence-corrected chi connectivity index (χ1v) is 9.35. The number of nitrogens with zero attached hydrogens (tertiary/aromatic N) is 3. The zero-order valence-corrected chi connectivity index (χ0v) is 16.5. The van der Waals surface area contributed by atoms with E-state index in [0.717, 1.165) is 12.1 Å². The second-order valence-electron chi connectivity index (χ2n) is 6.42. The highest BCUT2D eigenvalue weighted by atomic mass is 19.4. The number of halogens is 3. The van der Waals surface area contributed by atoms with Crippen molar-refractivity contribution in [3.8, 4) is 17.8 Å². The Bertz CT molecular complexity index is 1320. The Hall–Kier alpha value is -4.15. The Morgan fingerprint density at radius 2 is 1.78 bits per heavy atom. The first kappa shape index (κ1) is 21.1. The standard InChI is InChI=1S/C21H15F3N4O4/c1-2-30-19-26-18(25-14-5-3-4-13(10-14)21(22,23)24)27-20(28-19)31-15-8-6-12-7-9-17(29)32-16(12)11-15/h3-11H,2H2,1H3,(H,25,26,27,28). The summed E-state index contributed by atoms with van der Waals surface area (Å²) >= 11 is 0. The summed E-state index contributed by atoms with van der Waals surface area (Å²) in [6.07, 6.45) is -4.49. The monoisotopic (exact) mass is 444 g/mol. The van der Waals surface area contributed by atoms with Crippen LogP contribution in [0.15, 0.2) is 63.8 Å². The van der Waals surface area contributed by atoms with Gasteiger partial charge in [0.15, 0.2) is 0 Å². The molecule has 0 amide bonds. The van der Waals surface area contributed by atoms with Crippen molar-refractivity contribution in [3.05, 3.63) is 70.6 Å². The van der Waals surface area contributed by atoms with Gasteiger partial charge in [0.25, 0.3) is 0 Å². The van der Waals surface area contributed by atoms with E-state index in [1.807, 2.05) is 0 Å². The van der Waals surface area contributed by atoms with Gasteiger partial charge in [-0.05, 0) is 43.3 Å². The summed E-state index contributed by atoms with van der Waals surface area (Å²) in [6.45, 7) is 1.96. The van der Waals surface area contributed by atoms with E-state index in [9.17, 15) is 18.0 Å². The minimum atomic E-state index is -4.49. The van der Waals surface area contributed by atoms with Gasteiger partial charge in [-0.3, -0.25) is 0 Å². The summed E-state index contributed by atoms with van der Waals surface area (Å²) in [5.74, 6) is 0.190. The van der Waals surface area contributed by atoms with E-state index in [0.29, 0.717) is 11.0 Å². The van der Waals surface area contributed by atoms with Gasteiger partial charge in [0.1, 0.15) is 11.3 Å². The first-order valence-electron chi connectivity index (χ1n) is 9.35. The predicted octanol–water partition coefficient (Wildman–Crippen LogP) is 4.93. The van der Waals surface area contributed by atoms with Gasteiger partial charge in [-0.25, -0.2) is 4.79 Å². The van der Waals surface area contributed by atoms with E-state index >= 15 is 0 Å². The predicted molar refractivity (Wildman–Crippen MR) is 108 cm³/mol. The maximum atomic E-state index is 13.0. The molecule has 32 heavy (non-hydrogen) atoms. The van der Waals surface area contributed by atoms with Crippen LogP contribution in [0.4, 0.5) is 24.8 Å². The smallest absolute Gasteiger partial charge is 0.416 e. The molecule has 0 atom stereocenters. The van der Waals surface area contributed by atoms with Crippen LogP contribution in [-0.2, 0) is 6.18 Å². The van der Waals surface area contributed by atoms with E-state index in [4.69, 9.17) is 13.9 Å². The van der Waals surface area contributed by atoms with Crippen molar-refractivity contribution in [1.29, 1.82) is 0 Å². The van der Waals surface area contributed by atoms with Crippen molar-refractivity contribution in [2.75, 3.05) is 11.9 Å². The van der Waals surface area contributed by atoms with Crippen LogP contribution in [0.3, 0.4) is 0 Å². The fourth-order valence-corrected chi connectivity index (χ4v) is 2.75. The van der Waals surface area contributed by atoms with Crippen LogP contribution in [0.25, 0.3) is 11.0 Å². The minimum Gasteiger partial charge on any atom is -0.464 e. The fraction of sp³-hybridized carbons (Fsp3) is 0.143. The van der Waals surface area contributed by atoms with Crippen LogP contribution in [0.2, 0.25) is 0 Å². The molecule has 0 fully saturated rings. The second-order valence-corrected chi connectivity index (χ2v) is 6.42. The average Bonchev–Trinajstić information content (AvgIpc) is 2.73. The molecule has 0 spiro atoms. The molecule has 0 saturated carbocycles. The molecule has 0 aliphatic heterocycles. The number of alkyl halides is 3. The van der Waals surface area contributed by atoms with Crippen LogP contribution < -0.4 is 20.4 Å². The molecule has 0 unspecified atom stereocenters. The van der Waals surface area contributed by atoms with Gasteiger partial charge in [0, 0.05) is 23.2 Å². The molecule has 0 aliphatic carbocycles. The van der Waals surface area contributed by atoms with Crippen LogP contribution >= 0.6 is 0 Å². The maximum absolute atomic E-state index is 13.0. The maximum Gasteiger partial charge on any atom is 0.416 e. The molecule has 8 nitrogen and oxygen atoms in total. The Morgan fingerprint density at radius 3 is 2.56 bits per heavy atom. The number of hydrogen-bond donors (Lipinski definition) is 1. The number of hydrogen-bond acceptors (Lipinski definition) is 8. The first-order chi connectivity index (χ1) is 15.3. The third-order valence-corrected chi connectivity index (χ3v) is 4.12. The molecule has 4 aromatic rings. The van der Waals surface area contributed by atoms with Gasteiger partial charge in [-0.15, -0.1) is 4.98 Å². The molecule has 2 heterocycles. The highest BCUT2D eigenvalue weighted by Gasteiger charge is 2.30. The summed E-state index contributed by atoms with van der Waals surface area (Å²) in [5, 5.41) is 3.39. The van der Waals surface area contributed by atoms with Crippen molar-refractivity contribution in [2.45, 2.75) is 13.1 Å². The normalized spacial score (nSPS) is 11.4. The number of ether oxygens (including phenoxy) is 2. The molecule has 0 radical (unpaired) electrons. The fourth-order valence-electron chi connectivity index (χ4n) is 2.75. The Labute approximate surface area is 178 Å². The van der Waals surface area contributed by atoms with Crippen molar-refractivity contribution in [3.63, 3.8) is 0 Å². The Balaban J connectivity index is 1.64. The molecular weight excluding hydrogens is 429 g/mol. The van der Waals surface area contributed by atoms with Crippen molar-refractivity contribution in [2.24, 2.45) is 0 Å². The van der Waals surface area contributed by atoms with E-state index < -0.39 is 17.4 Å². The number of anilines is 2. The minimum absolute atomic E-state index is 0.0786. The third-order valence-electron chi connectivity index (χ3n) is 4.12. The van der Waals surface area contributed by atoms with Gasteiger partial charge in [0.05, 0.1) is 12.2 Å². The lowest BCUT2D eigenvalue weighted by atomic mass is 10.2. The van der Waals surface area contributed by atoms with E-state index in [1.54, 1.807) is 25.1 Å². The lowest BCUT2D eigenvalue weighted by Gasteiger charge is -2.11. The summed E-state index contributed by atoms with van der Waals surface area (Å²) in [5.41, 5.74) is -0.917. The van der Waals surface area contributed by atoms with Gasteiger partial charge in [-0.2, -0.15) is 23.1 Å². The largest absolute Gasteiger partial charge is 0.464 e. The highest BCUT2D eigenvalue weighted by Crippen LogP contribution is 2.31. The molecule has 4 rings (SSSR count). The van der Waals surface area contributed by atoms with E-state index in [-0.39, 0.29) is 36.0 Å². The van der Waals surface area contributed by atoms with Crippen molar-refractivity contribution >= 4 is 22.6 Å². The molecule has 0 saturated heterocycles. The number of nitrogens with one attached hydrogen (secondary N) is 1. The van der Waals surface area contributed by atoms with Gasteiger partial charge in [0.2, 0.25) is 5.95 Å². The van der Waals surface area contributed by atoms with Crippen LogP contribution in [0, 0.1) is 0 Å². The summed E-state index contributed by atoms with van der Waals surface area (Å²) in [6, 6.07) is 12.0. The SMILES string of the molecule is CCOc1nc(Nc2cccc(C(F)(F)F)c2)nc(Oc2ccc3ccc(=O)oc3c2)n1. The molecule has 11 heteroatoms. The molecule has 0 aliphatic rings. The molecule has 164 valence electrons. The number of rotatable bonds is 6. The Morgan fingerprint density at radius 1 is 1.00 bits per heavy atom. The number of fused-ring (bicyclic) bond motifs is 1. The molecule has 2 aromatic heterocycles. The second kappa shape index (κ2) is 8.53. The van der Waals surface area contributed by atoms with Gasteiger partial charge >= 0.3 is 23.8 Å². The van der Waals surface area contributed by atoms with Gasteiger partial charge in [-0.1, -0.05) is 6.07 Å². The number of benzene rings is 2. The van der Waals surface area contributed by atoms with Crippen LogP contribution in [0.5, 0.6) is 17.8 Å². The van der Waals surface area contributed by atoms with Crippen molar-refractivity contribution < 1.29 is 27.1 Å². The zero-order chi connectivity index (χ0) is 22.7. The highest BCUT2D eigenvalue weighted by molar-refractivity contribution is 5.77. The third kappa shape index (κ3) is 4.94. The lowest BCUT2D eigenvalue weighted by Crippen LogP contribution is -2.07. The average molecular weight is 444 g/mol. The quantitative estimate of drug-likeness (QED) is 0.418. The summed E-state index contributed by atoms with van der Waals surface area (Å²) in [4.78, 5) is 23.6. The summed E-state index contributed by atoms with van der Waals surface area (Å²) < 4.78 is 55.0. The molecular formula is C21H15F3N4O4. The van der Waals surface area contributed by atoms with Crippen LogP contribution in [0.1, 0.15) is 12.5 Å².